The molecule has 12 nitrogen and oxygen atoms in total. The third kappa shape index (κ3) is 4.81. The van der Waals surface area contributed by atoms with Crippen LogP contribution in [-0.4, -0.2) is 54.2 Å². The fraction of sp³-hybridized carbons (Fsp3) is 0.423. The van der Waals surface area contributed by atoms with Crippen molar-refractivity contribution in [1.29, 1.82) is 0 Å². The van der Waals surface area contributed by atoms with E-state index >= 15 is 0 Å². The van der Waals surface area contributed by atoms with E-state index in [9.17, 15) is 9.59 Å². The van der Waals surface area contributed by atoms with Gasteiger partial charge < -0.3 is 10.2 Å². The Kier molecular flexibility index (Phi) is 6.44. The highest BCUT2D eigenvalue weighted by atomic mass is 16.2. The number of carbonyl (C=O) groups is 1. The summed E-state index contributed by atoms with van der Waals surface area (Å²) in [5.74, 6) is 0.513. The molecule has 0 unspecified atom stereocenters. The minimum Gasteiger partial charge on any atom is -0.371 e. The fourth-order valence-corrected chi connectivity index (χ4v) is 5.56. The van der Waals surface area contributed by atoms with Crippen LogP contribution in [0.15, 0.2) is 41.3 Å². The van der Waals surface area contributed by atoms with Gasteiger partial charge in [0.15, 0.2) is 0 Å². The summed E-state index contributed by atoms with van der Waals surface area (Å²) in [6, 6.07) is 10.0. The number of nitrogens with zero attached hydrogens (tertiary/aromatic N) is 7. The van der Waals surface area contributed by atoms with Crippen LogP contribution in [0.25, 0.3) is 11.0 Å². The third-order valence-electron chi connectivity index (χ3n) is 7.62. The van der Waals surface area contributed by atoms with Crippen LogP contribution in [0, 0.1) is 12.8 Å². The first-order valence-electron chi connectivity index (χ1n) is 13.1. The standard InChI is InChI=1S/C26H30N10O2/c1-16-14-22(37)36(20-4-2-3-5-20)23-21(16)15-27-25(29-23)28-18-6-8-19(9-7-18)35-12-10-17(11-13-35)24(38)30-26-31-33-34-32-26/h6-9,14-15,17,20H,2-5,10-13H2,1H3,(H,27,28,29)(H2,30,31,32,33,34,38). The lowest BCUT2D eigenvalue weighted by atomic mass is 9.95. The molecule has 0 radical (unpaired) electrons. The minimum absolute atomic E-state index is 0.00645. The topological polar surface area (TPSA) is 147 Å². The zero-order valence-corrected chi connectivity index (χ0v) is 21.2. The molecule has 4 heterocycles. The van der Waals surface area contributed by atoms with Crippen LogP contribution < -0.4 is 21.1 Å². The molecule has 3 aromatic heterocycles. The van der Waals surface area contributed by atoms with Gasteiger partial charge in [0, 0.05) is 54.1 Å². The summed E-state index contributed by atoms with van der Waals surface area (Å²) < 4.78 is 1.86. The number of aryl methyl sites for hydroxylation is 1. The number of anilines is 4. The molecule has 6 rings (SSSR count). The van der Waals surface area contributed by atoms with Crippen molar-refractivity contribution < 1.29 is 4.79 Å². The zero-order valence-electron chi connectivity index (χ0n) is 21.2. The van der Waals surface area contributed by atoms with Gasteiger partial charge in [-0.3, -0.25) is 19.5 Å². The first kappa shape index (κ1) is 24.0. The Morgan fingerprint density at radius 1 is 1.05 bits per heavy atom. The van der Waals surface area contributed by atoms with E-state index in [4.69, 9.17) is 4.98 Å². The first-order valence-corrected chi connectivity index (χ1v) is 13.1. The lowest BCUT2D eigenvalue weighted by Crippen LogP contribution is -2.38. The summed E-state index contributed by atoms with van der Waals surface area (Å²) in [6.07, 6.45) is 7.59. The Balaban J connectivity index is 1.13. The summed E-state index contributed by atoms with van der Waals surface area (Å²) in [5.41, 5.74) is 3.56. The molecule has 1 aromatic carbocycles. The molecule has 3 N–H and O–H groups in total. The summed E-state index contributed by atoms with van der Waals surface area (Å²) in [6.45, 7) is 3.49. The number of rotatable bonds is 6. The van der Waals surface area contributed by atoms with Crippen LogP contribution >= 0.6 is 0 Å². The van der Waals surface area contributed by atoms with E-state index in [-0.39, 0.29) is 29.4 Å². The highest BCUT2D eigenvalue weighted by Crippen LogP contribution is 2.31. The van der Waals surface area contributed by atoms with Crippen LogP contribution in [0.5, 0.6) is 0 Å². The van der Waals surface area contributed by atoms with Crippen molar-refractivity contribution in [3.63, 3.8) is 0 Å². The van der Waals surface area contributed by atoms with Crippen molar-refractivity contribution in [3.8, 4) is 0 Å². The van der Waals surface area contributed by atoms with Crippen LogP contribution in [0.4, 0.5) is 23.3 Å². The van der Waals surface area contributed by atoms with Gasteiger partial charge in [-0.1, -0.05) is 17.9 Å². The van der Waals surface area contributed by atoms with E-state index in [2.05, 4.69) is 53.3 Å². The number of aromatic nitrogens is 7. The highest BCUT2D eigenvalue weighted by molar-refractivity contribution is 5.91. The van der Waals surface area contributed by atoms with E-state index in [0.717, 1.165) is 73.9 Å². The van der Waals surface area contributed by atoms with Crippen LogP contribution in [-0.2, 0) is 4.79 Å². The lowest BCUT2D eigenvalue weighted by Gasteiger charge is -2.32. The number of benzene rings is 1. The fourth-order valence-electron chi connectivity index (χ4n) is 5.56. The molecule has 0 spiro atoms. The molecule has 1 saturated heterocycles. The Labute approximate surface area is 218 Å². The van der Waals surface area contributed by atoms with Crippen molar-refractivity contribution in [1.82, 2.24) is 35.2 Å². The average Bonchev–Trinajstić information content (AvgIpc) is 3.64. The van der Waals surface area contributed by atoms with E-state index in [0.29, 0.717) is 11.6 Å². The maximum atomic E-state index is 12.9. The number of hydrogen-bond acceptors (Lipinski definition) is 9. The van der Waals surface area contributed by atoms with Crippen molar-refractivity contribution in [3.05, 3.63) is 52.4 Å². The molecule has 0 atom stereocenters. The number of tetrazole rings is 1. The number of carbonyl (C=O) groups excluding carboxylic acids is 1. The first-order chi connectivity index (χ1) is 18.5. The van der Waals surface area contributed by atoms with Gasteiger partial charge in [-0.2, -0.15) is 10.2 Å². The molecule has 38 heavy (non-hydrogen) atoms. The number of pyridine rings is 1. The van der Waals surface area contributed by atoms with Crippen molar-refractivity contribution in [2.75, 3.05) is 28.6 Å². The highest BCUT2D eigenvalue weighted by Gasteiger charge is 2.26. The number of aromatic amines is 1. The third-order valence-corrected chi connectivity index (χ3v) is 7.62. The Morgan fingerprint density at radius 2 is 1.82 bits per heavy atom. The second kappa shape index (κ2) is 10.2. The summed E-state index contributed by atoms with van der Waals surface area (Å²) in [4.78, 5) is 36.9. The predicted molar refractivity (Wildman–Crippen MR) is 144 cm³/mol. The Morgan fingerprint density at radius 3 is 2.53 bits per heavy atom. The Bertz CT molecular complexity index is 1490. The van der Waals surface area contributed by atoms with Crippen LogP contribution in [0.3, 0.4) is 0 Å². The number of nitrogens with one attached hydrogen (secondary N) is 3. The van der Waals surface area contributed by atoms with Crippen molar-refractivity contribution >= 4 is 40.2 Å². The molecule has 4 aromatic rings. The summed E-state index contributed by atoms with van der Waals surface area (Å²) in [5, 5.41) is 20.3. The van der Waals surface area contributed by atoms with Gasteiger partial charge in [-0.25, -0.2) is 4.98 Å². The van der Waals surface area contributed by atoms with Gasteiger partial charge in [-0.15, -0.1) is 5.10 Å². The minimum atomic E-state index is -0.0824. The van der Waals surface area contributed by atoms with Gasteiger partial charge in [0.05, 0.1) is 0 Å². The molecule has 0 bridgehead atoms. The molecule has 1 saturated carbocycles. The second-order valence-electron chi connectivity index (χ2n) is 10.1. The van der Waals surface area contributed by atoms with E-state index < -0.39 is 0 Å². The molecule has 1 aliphatic heterocycles. The van der Waals surface area contributed by atoms with Gasteiger partial charge in [0.1, 0.15) is 5.65 Å². The number of hydrogen-bond donors (Lipinski definition) is 3. The normalized spacial score (nSPS) is 16.7. The molecular weight excluding hydrogens is 484 g/mol. The summed E-state index contributed by atoms with van der Waals surface area (Å²) in [7, 11) is 0. The largest absolute Gasteiger partial charge is 0.371 e. The molecular formula is C26H30N10O2. The quantitative estimate of drug-likeness (QED) is 0.352. The van der Waals surface area contributed by atoms with Gasteiger partial charge in [0.25, 0.3) is 11.5 Å². The van der Waals surface area contributed by atoms with E-state index in [1.54, 1.807) is 12.3 Å². The predicted octanol–water partition coefficient (Wildman–Crippen LogP) is 3.33. The van der Waals surface area contributed by atoms with Crippen LogP contribution in [0.2, 0.25) is 0 Å². The van der Waals surface area contributed by atoms with Gasteiger partial charge >= 0.3 is 0 Å². The number of piperidine rings is 1. The monoisotopic (exact) mass is 514 g/mol. The number of H-pyrrole nitrogens is 1. The van der Waals surface area contributed by atoms with Crippen LogP contribution in [0.1, 0.15) is 50.1 Å². The van der Waals surface area contributed by atoms with Crippen molar-refractivity contribution in [2.45, 2.75) is 51.5 Å². The molecule has 1 amide bonds. The van der Waals surface area contributed by atoms with E-state index in [1.165, 1.54) is 0 Å². The maximum Gasteiger partial charge on any atom is 0.269 e. The van der Waals surface area contributed by atoms with Crippen molar-refractivity contribution in [2.24, 2.45) is 5.92 Å². The molecule has 2 fully saturated rings. The Hall–Kier alpha value is -4.35. The number of fused-ring (bicyclic) bond motifs is 1. The molecule has 196 valence electrons. The second-order valence-corrected chi connectivity index (χ2v) is 10.1. The number of amides is 1. The maximum absolute atomic E-state index is 12.9. The molecule has 2 aliphatic rings. The molecule has 12 heteroatoms. The SMILES string of the molecule is Cc1cc(=O)n(C2CCCC2)c2nc(Nc3ccc(N4CCC(C(=O)Nc5nn[nH]n5)CC4)cc3)ncc12. The van der Waals surface area contributed by atoms with E-state index in [1.807, 2.05) is 23.6 Å². The smallest absolute Gasteiger partial charge is 0.269 e. The lowest BCUT2D eigenvalue weighted by molar-refractivity contribution is -0.120. The van der Waals surface area contributed by atoms with Gasteiger partial charge in [-0.05, 0) is 67.6 Å². The summed E-state index contributed by atoms with van der Waals surface area (Å²) >= 11 is 0. The zero-order chi connectivity index (χ0) is 26.1. The average molecular weight is 515 g/mol. The van der Waals surface area contributed by atoms with Gasteiger partial charge in [0.2, 0.25) is 11.9 Å². The molecule has 1 aliphatic carbocycles.